The second-order valence-corrected chi connectivity index (χ2v) is 8.88. The van der Waals surface area contributed by atoms with Gasteiger partial charge >= 0.3 is 0 Å². The number of hydrogen-bond donors (Lipinski definition) is 0. The molecule has 3 rings (SSSR count). The van der Waals surface area contributed by atoms with Crippen LogP contribution < -0.4 is 0 Å². The Bertz CT molecular complexity index is 534. The third kappa shape index (κ3) is 5.40. The van der Waals surface area contributed by atoms with E-state index in [1.54, 1.807) is 0 Å². The minimum Gasteiger partial charge on any atom is -0.474 e. The molecule has 0 aromatic carbocycles. The second-order valence-electron chi connectivity index (χ2n) is 8.88. The number of unbranched alkanes of at least 4 members (excludes halogenated alkanes) is 2. The van der Waals surface area contributed by atoms with E-state index in [1.807, 2.05) is 4.68 Å². The van der Waals surface area contributed by atoms with E-state index in [-0.39, 0.29) is 0 Å². The molecule has 140 valence electrons. The fourth-order valence-corrected chi connectivity index (χ4v) is 4.13. The summed E-state index contributed by atoms with van der Waals surface area (Å²) in [6.07, 6.45) is 14.2. The molecule has 0 aromatic rings. The minimum atomic E-state index is 0.480. The zero-order valence-corrected chi connectivity index (χ0v) is 16.5. The van der Waals surface area contributed by atoms with Gasteiger partial charge in [0.25, 0.3) is 5.90 Å². The van der Waals surface area contributed by atoms with Gasteiger partial charge in [-0.15, -0.1) is 0 Å². The van der Waals surface area contributed by atoms with Gasteiger partial charge in [0.15, 0.2) is 6.21 Å². The van der Waals surface area contributed by atoms with E-state index in [9.17, 15) is 0 Å². The third-order valence-electron chi connectivity index (χ3n) is 5.91. The van der Waals surface area contributed by atoms with Crippen molar-refractivity contribution < 1.29 is 9.42 Å². The molecule has 0 amide bonds. The highest BCUT2D eigenvalue weighted by Crippen LogP contribution is 2.34. The molecule has 0 bridgehead atoms. The first-order valence-electron chi connectivity index (χ1n) is 10.3. The number of rotatable bonds is 6. The summed E-state index contributed by atoms with van der Waals surface area (Å²) in [6, 6.07) is 0. The molecule has 1 saturated heterocycles. The van der Waals surface area contributed by atoms with Crippen LogP contribution in [0.5, 0.6) is 0 Å². The summed E-state index contributed by atoms with van der Waals surface area (Å²) >= 11 is 0. The van der Waals surface area contributed by atoms with Crippen molar-refractivity contribution in [1.29, 1.82) is 0 Å². The molecule has 3 aliphatic heterocycles. The van der Waals surface area contributed by atoms with Crippen molar-refractivity contribution in [2.24, 2.45) is 16.4 Å². The molecule has 4 nitrogen and oxygen atoms in total. The van der Waals surface area contributed by atoms with E-state index in [0.29, 0.717) is 5.41 Å². The first-order chi connectivity index (χ1) is 12.0. The van der Waals surface area contributed by atoms with Gasteiger partial charge in [-0.1, -0.05) is 25.5 Å². The second kappa shape index (κ2) is 8.48. The Labute approximate surface area is 153 Å². The lowest BCUT2D eigenvalue weighted by Crippen LogP contribution is -2.38. The molecule has 4 heteroatoms. The van der Waals surface area contributed by atoms with Crippen LogP contribution in [0.3, 0.4) is 0 Å². The maximum Gasteiger partial charge on any atom is 0.285 e. The third-order valence-corrected chi connectivity index (χ3v) is 5.91. The van der Waals surface area contributed by atoms with Crippen molar-refractivity contribution in [3.05, 3.63) is 11.8 Å². The van der Waals surface area contributed by atoms with E-state index in [1.165, 1.54) is 57.4 Å². The Morgan fingerprint density at radius 1 is 1.20 bits per heavy atom. The van der Waals surface area contributed by atoms with Crippen molar-refractivity contribution in [2.45, 2.75) is 72.1 Å². The lowest BCUT2D eigenvalue weighted by molar-refractivity contribution is -0.480. The van der Waals surface area contributed by atoms with Crippen LogP contribution in [-0.2, 0) is 4.74 Å². The highest BCUT2D eigenvalue weighted by molar-refractivity contribution is 5.89. The van der Waals surface area contributed by atoms with Crippen LogP contribution >= 0.6 is 0 Å². The summed E-state index contributed by atoms with van der Waals surface area (Å²) in [6.45, 7) is 11.8. The topological polar surface area (TPSA) is 27.8 Å². The lowest BCUT2D eigenvalue weighted by Gasteiger charge is -2.38. The van der Waals surface area contributed by atoms with E-state index in [4.69, 9.17) is 4.74 Å². The molecule has 0 aromatic heterocycles. The standard InChI is InChI=1S/C21H36N3O/c1-21(2,3)18-10-14-23(15-11-18)12-6-4-8-16-25-20-17-19-9-5-7-13-24(19)22-20/h13,17-18H,4-12,14-16H2,1-3H3/q+1. The van der Waals surface area contributed by atoms with Crippen molar-refractivity contribution in [2.75, 3.05) is 26.2 Å². The van der Waals surface area contributed by atoms with Crippen LogP contribution in [0.4, 0.5) is 0 Å². The number of ether oxygens (including phenoxy) is 1. The Hall–Kier alpha value is -1.16. The maximum absolute atomic E-state index is 5.84. The number of hydrazone groups is 1. The summed E-state index contributed by atoms with van der Waals surface area (Å²) in [5, 5.41) is 4.50. The molecule has 0 spiro atoms. The van der Waals surface area contributed by atoms with E-state index >= 15 is 0 Å². The normalized spacial score (nSPS) is 22.3. The van der Waals surface area contributed by atoms with Crippen molar-refractivity contribution >= 4 is 12.1 Å². The Balaban J connectivity index is 1.24. The zero-order chi connectivity index (χ0) is 17.7. The molecular formula is C21H36N3O+. The number of allylic oxidation sites excluding steroid dienone is 1. The van der Waals surface area contributed by atoms with E-state index in [2.05, 4.69) is 43.1 Å². The summed E-state index contributed by atoms with van der Waals surface area (Å²) in [7, 11) is 0. The molecule has 0 N–H and O–H groups in total. The quantitative estimate of drug-likeness (QED) is 0.526. The fraction of sp³-hybridized carbons (Fsp3) is 0.810. The molecule has 0 radical (unpaired) electrons. The number of fused-ring (bicyclic) bond motifs is 1. The number of nitrogens with zero attached hydrogens (tertiary/aromatic N) is 3. The first-order valence-corrected chi connectivity index (χ1v) is 10.3. The van der Waals surface area contributed by atoms with Gasteiger partial charge in [-0.25, -0.2) is 0 Å². The molecule has 25 heavy (non-hydrogen) atoms. The Morgan fingerprint density at radius 3 is 2.72 bits per heavy atom. The molecule has 0 unspecified atom stereocenters. The first kappa shape index (κ1) is 18.6. The van der Waals surface area contributed by atoms with Gasteiger partial charge < -0.3 is 9.64 Å². The van der Waals surface area contributed by atoms with E-state index < -0.39 is 0 Å². The summed E-state index contributed by atoms with van der Waals surface area (Å²) < 4.78 is 7.84. The number of likely N-dealkylation sites (tertiary alicyclic amines) is 1. The average Bonchev–Trinajstić information content (AvgIpc) is 3.00. The van der Waals surface area contributed by atoms with Gasteiger partial charge in [0, 0.05) is 17.9 Å². The number of piperidine rings is 1. The van der Waals surface area contributed by atoms with Gasteiger partial charge in [0.2, 0.25) is 5.70 Å². The highest BCUT2D eigenvalue weighted by Gasteiger charge is 2.28. The van der Waals surface area contributed by atoms with Crippen LogP contribution in [0, 0.1) is 11.3 Å². The monoisotopic (exact) mass is 346 g/mol. The minimum absolute atomic E-state index is 0.480. The summed E-state index contributed by atoms with van der Waals surface area (Å²) in [5.41, 5.74) is 1.77. The molecular weight excluding hydrogens is 310 g/mol. The SMILES string of the molecule is CC(C)(C)C1CCN(CCCCCOC2=N[N+]3=CCCCC3=C2)CC1. The molecule has 0 atom stereocenters. The fourth-order valence-electron chi connectivity index (χ4n) is 4.13. The zero-order valence-electron chi connectivity index (χ0n) is 16.5. The maximum atomic E-state index is 5.84. The van der Waals surface area contributed by atoms with Crippen LogP contribution in [0.2, 0.25) is 0 Å². The van der Waals surface area contributed by atoms with Gasteiger partial charge in [0.1, 0.15) is 0 Å². The summed E-state index contributed by atoms with van der Waals surface area (Å²) in [4.78, 5) is 2.66. The van der Waals surface area contributed by atoms with Gasteiger partial charge in [-0.3, -0.25) is 0 Å². The van der Waals surface area contributed by atoms with Crippen LogP contribution in [0.1, 0.15) is 72.1 Å². The van der Waals surface area contributed by atoms with Crippen LogP contribution in [0.25, 0.3) is 0 Å². The van der Waals surface area contributed by atoms with Crippen molar-refractivity contribution in [1.82, 2.24) is 4.90 Å². The predicted octanol–water partition coefficient (Wildman–Crippen LogP) is 4.41. The van der Waals surface area contributed by atoms with Gasteiger partial charge in [-0.05, 0) is 69.5 Å². The van der Waals surface area contributed by atoms with Crippen molar-refractivity contribution in [3.8, 4) is 0 Å². The Kier molecular flexibility index (Phi) is 6.32. The van der Waals surface area contributed by atoms with E-state index in [0.717, 1.165) is 37.7 Å². The number of hydrogen-bond acceptors (Lipinski definition) is 3. The van der Waals surface area contributed by atoms with Gasteiger partial charge in [0.05, 0.1) is 12.7 Å². The Morgan fingerprint density at radius 2 is 2.00 bits per heavy atom. The molecule has 3 aliphatic rings. The van der Waals surface area contributed by atoms with Crippen LogP contribution in [-0.4, -0.2) is 47.9 Å². The van der Waals surface area contributed by atoms with Crippen molar-refractivity contribution in [3.63, 3.8) is 0 Å². The summed E-state index contributed by atoms with van der Waals surface area (Å²) in [5.74, 6) is 1.70. The highest BCUT2D eigenvalue weighted by atomic mass is 16.5. The lowest BCUT2D eigenvalue weighted by atomic mass is 9.75. The predicted molar refractivity (Wildman–Crippen MR) is 104 cm³/mol. The van der Waals surface area contributed by atoms with Gasteiger partial charge in [-0.2, -0.15) is 0 Å². The molecule has 3 heterocycles. The smallest absolute Gasteiger partial charge is 0.285 e. The largest absolute Gasteiger partial charge is 0.474 e. The van der Waals surface area contributed by atoms with Crippen LogP contribution in [0.15, 0.2) is 16.9 Å². The molecule has 0 aliphatic carbocycles. The average molecular weight is 347 g/mol. The molecule has 0 saturated carbocycles. The molecule has 1 fully saturated rings.